The number of hydrogen-bond donors (Lipinski definition) is 0. The highest BCUT2D eigenvalue weighted by Gasteiger charge is 2.09. The van der Waals surface area contributed by atoms with E-state index in [0.717, 1.165) is 6.54 Å². The summed E-state index contributed by atoms with van der Waals surface area (Å²) >= 11 is 0. The molecule has 0 aliphatic rings. The van der Waals surface area contributed by atoms with E-state index in [1.165, 1.54) is 0 Å². The molecule has 0 aromatic carbocycles. The molecule has 0 aliphatic heterocycles. The summed E-state index contributed by atoms with van der Waals surface area (Å²) < 4.78 is 2.21. The molecular weight excluding hydrogens is 202 g/mol. The van der Waals surface area contributed by atoms with Gasteiger partial charge in [-0.15, -0.1) is 17.0 Å². The minimum atomic E-state index is 0. The summed E-state index contributed by atoms with van der Waals surface area (Å²) in [5, 5.41) is 0. The maximum atomic E-state index is 2.24. The third-order valence-electron chi connectivity index (χ3n) is 1.32. The van der Waals surface area contributed by atoms with Gasteiger partial charge in [0.2, 0.25) is 0 Å². The van der Waals surface area contributed by atoms with E-state index in [9.17, 15) is 0 Å². The summed E-state index contributed by atoms with van der Waals surface area (Å²) in [6.45, 7) is 7.83. The maximum absolute atomic E-state index is 2.24. The average Bonchev–Trinajstić information content (AvgIpc) is 2.12. The second-order valence-electron chi connectivity index (χ2n) is 3.92. The molecule has 1 heterocycles. The van der Waals surface area contributed by atoms with Crippen LogP contribution in [0.25, 0.3) is 0 Å². The van der Waals surface area contributed by atoms with E-state index >= 15 is 0 Å². The van der Waals surface area contributed by atoms with E-state index in [0.29, 0.717) is 5.41 Å². The standard InChI is InChI=1S/C9H15N.BrH/c1-9(2,3)8-10-6-4-5-7-10;/h4-7H,8H2,1-3H3;1H. The van der Waals surface area contributed by atoms with Crippen molar-refractivity contribution in [1.82, 2.24) is 4.57 Å². The molecule has 0 N–H and O–H groups in total. The van der Waals surface area contributed by atoms with Crippen molar-refractivity contribution in [3.05, 3.63) is 24.5 Å². The maximum Gasteiger partial charge on any atom is 0.0268 e. The van der Waals surface area contributed by atoms with Gasteiger partial charge in [0, 0.05) is 18.9 Å². The lowest BCUT2D eigenvalue weighted by Gasteiger charge is -2.18. The lowest BCUT2D eigenvalue weighted by atomic mass is 9.97. The summed E-state index contributed by atoms with van der Waals surface area (Å²) in [7, 11) is 0. The van der Waals surface area contributed by atoms with E-state index < -0.39 is 0 Å². The van der Waals surface area contributed by atoms with Gasteiger partial charge in [0.05, 0.1) is 0 Å². The smallest absolute Gasteiger partial charge is 0.0268 e. The van der Waals surface area contributed by atoms with E-state index in [-0.39, 0.29) is 17.0 Å². The molecule has 1 rings (SSSR count). The van der Waals surface area contributed by atoms with Gasteiger partial charge in [-0.05, 0) is 17.5 Å². The van der Waals surface area contributed by atoms with Crippen LogP contribution in [0.2, 0.25) is 0 Å². The summed E-state index contributed by atoms with van der Waals surface area (Å²) in [6.07, 6.45) is 4.20. The zero-order valence-corrected chi connectivity index (χ0v) is 9.09. The highest BCUT2D eigenvalue weighted by molar-refractivity contribution is 8.93. The summed E-state index contributed by atoms with van der Waals surface area (Å²) in [4.78, 5) is 0. The fraction of sp³-hybridized carbons (Fsp3) is 0.556. The molecule has 0 radical (unpaired) electrons. The predicted molar refractivity (Wildman–Crippen MR) is 54.2 cm³/mol. The molecule has 0 fully saturated rings. The molecule has 2 heteroatoms. The van der Waals surface area contributed by atoms with Crippen molar-refractivity contribution in [2.24, 2.45) is 5.41 Å². The Morgan fingerprint density at radius 1 is 1.09 bits per heavy atom. The van der Waals surface area contributed by atoms with Crippen LogP contribution in [-0.2, 0) is 6.54 Å². The van der Waals surface area contributed by atoms with Gasteiger partial charge in [-0.2, -0.15) is 0 Å². The first-order valence-corrected chi connectivity index (χ1v) is 3.69. The largest absolute Gasteiger partial charge is 0.354 e. The number of aromatic nitrogens is 1. The van der Waals surface area contributed by atoms with Crippen LogP contribution in [0.1, 0.15) is 20.8 Å². The molecule has 1 aromatic rings. The topological polar surface area (TPSA) is 4.93 Å². The van der Waals surface area contributed by atoms with Crippen molar-refractivity contribution in [2.45, 2.75) is 27.3 Å². The third-order valence-corrected chi connectivity index (χ3v) is 1.32. The van der Waals surface area contributed by atoms with E-state index in [2.05, 4.69) is 49.9 Å². The normalized spacial score (nSPS) is 10.8. The fourth-order valence-corrected chi connectivity index (χ4v) is 1.02. The summed E-state index contributed by atoms with van der Waals surface area (Å²) in [5.41, 5.74) is 0.388. The van der Waals surface area contributed by atoms with Gasteiger partial charge < -0.3 is 4.57 Å². The Morgan fingerprint density at radius 3 is 1.91 bits per heavy atom. The van der Waals surface area contributed by atoms with Crippen LogP contribution in [0.15, 0.2) is 24.5 Å². The van der Waals surface area contributed by atoms with Crippen LogP contribution in [0.4, 0.5) is 0 Å². The van der Waals surface area contributed by atoms with Gasteiger partial charge in [-0.1, -0.05) is 20.8 Å². The highest BCUT2D eigenvalue weighted by atomic mass is 79.9. The van der Waals surface area contributed by atoms with Crippen molar-refractivity contribution in [3.8, 4) is 0 Å². The zero-order chi connectivity index (χ0) is 7.61. The lowest BCUT2D eigenvalue weighted by Crippen LogP contribution is -2.13. The number of rotatable bonds is 1. The van der Waals surface area contributed by atoms with Crippen LogP contribution >= 0.6 is 17.0 Å². The van der Waals surface area contributed by atoms with Crippen molar-refractivity contribution in [2.75, 3.05) is 0 Å². The van der Waals surface area contributed by atoms with Gasteiger partial charge in [-0.3, -0.25) is 0 Å². The Balaban J connectivity index is 0.000001000. The van der Waals surface area contributed by atoms with Crippen molar-refractivity contribution in [3.63, 3.8) is 0 Å². The molecular formula is C9H16BrN. The Kier molecular flexibility index (Phi) is 3.87. The molecule has 0 saturated heterocycles. The predicted octanol–water partition coefficient (Wildman–Crippen LogP) is 3.11. The molecule has 0 atom stereocenters. The first-order chi connectivity index (χ1) is 4.58. The highest BCUT2D eigenvalue weighted by Crippen LogP contribution is 2.15. The van der Waals surface area contributed by atoms with Gasteiger partial charge in [-0.25, -0.2) is 0 Å². The molecule has 1 nitrogen and oxygen atoms in total. The van der Waals surface area contributed by atoms with Crippen LogP contribution < -0.4 is 0 Å². The van der Waals surface area contributed by atoms with Crippen molar-refractivity contribution < 1.29 is 0 Å². The first-order valence-electron chi connectivity index (χ1n) is 3.69. The number of halogens is 1. The Morgan fingerprint density at radius 2 is 1.55 bits per heavy atom. The molecule has 0 amide bonds. The molecule has 11 heavy (non-hydrogen) atoms. The Labute approximate surface area is 79.2 Å². The Bertz CT molecular complexity index is 184. The fourth-order valence-electron chi connectivity index (χ4n) is 1.02. The van der Waals surface area contributed by atoms with E-state index in [1.54, 1.807) is 0 Å². The molecule has 64 valence electrons. The van der Waals surface area contributed by atoms with Crippen molar-refractivity contribution in [1.29, 1.82) is 0 Å². The monoisotopic (exact) mass is 217 g/mol. The minimum Gasteiger partial charge on any atom is -0.354 e. The van der Waals surface area contributed by atoms with E-state index in [1.807, 2.05) is 0 Å². The van der Waals surface area contributed by atoms with Crippen LogP contribution in [-0.4, -0.2) is 4.57 Å². The molecule has 1 aromatic heterocycles. The number of nitrogens with zero attached hydrogens (tertiary/aromatic N) is 1. The van der Waals surface area contributed by atoms with E-state index in [4.69, 9.17) is 0 Å². The van der Waals surface area contributed by atoms with Gasteiger partial charge in [0.1, 0.15) is 0 Å². The number of hydrogen-bond acceptors (Lipinski definition) is 0. The van der Waals surface area contributed by atoms with Crippen LogP contribution in [0.5, 0.6) is 0 Å². The van der Waals surface area contributed by atoms with Gasteiger partial charge in [0.25, 0.3) is 0 Å². The minimum absolute atomic E-state index is 0. The molecule has 0 unspecified atom stereocenters. The molecule has 0 spiro atoms. The quantitative estimate of drug-likeness (QED) is 0.682. The summed E-state index contributed by atoms with van der Waals surface area (Å²) in [5.74, 6) is 0. The summed E-state index contributed by atoms with van der Waals surface area (Å²) in [6, 6.07) is 4.12. The van der Waals surface area contributed by atoms with Crippen molar-refractivity contribution >= 4 is 17.0 Å². The van der Waals surface area contributed by atoms with Gasteiger partial charge >= 0.3 is 0 Å². The lowest BCUT2D eigenvalue weighted by molar-refractivity contribution is 0.344. The molecule has 0 saturated carbocycles. The van der Waals surface area contributed by atoms with Crippen LogP contribution in [0.3, 0.4) is 0 Å². The Hall–Kier alpha value is -0.240. The SMILES string of the molecule is Br.CC(C)(C)Cn1cccc1. The van der Waals surface area contributed by atoms with Gasteiger partial charge in [0.15, 0.2) is 0 Å². The average molecular weight is 218 g/mol. The zero-order valence-electron chi connectivity index (χ0n) is 7.37. The second-order valence-corrected chi connectivity index (χ2v) is 3.92. The second kappa shape index (κ2) is 3.96. The first kappa shape index (κ1) is 10.8. The molecule has 0 aliphatic carbocycles. The molecule has 0 bridgehead atoms. The van der Waals surface area contributed by atoms with Crippen LogP contribution in [0, 0.1) is 5.41 Å². The third kappa shape index (κ3) is 4.25.